The average Bonchev–Trinajstić information content (AvgIpc) is 2.61. The smallest absolute Gasteiger partial charge is 0.261 e. The Kier molecular flexibility index (Phi) is 6.10. The van der Waals surface area contributed by atoms with Gasteiger partial charge in [-0.3, -0.25) is 14.3 Å². The van der Waals surface area contributed by atoms with Crippen molar-refractivity contribution in [2.45, 2.75) is 52.2 Å². The Morgan fingerprint density at radius 3 is 2.85 bits per heavy atom. The van der Waals surface area contributed by atoms with Gasteiger partial charge in [0.25, 0.3) is 5.56 Å². The van der Waals surface area contributed by atoms with Crippen molar-refractivity contribution in [3.63, 3.8) is 0 Å². The lowest BCUT2D eigenvalue weighted by Crippen LogP contribution is -2.51. The summed E-state index contributed by atoms with van der Waals surface area (Å²) in [5.74, 6) is 0.357. The van der Waals surface area contributed by atoms with E-state index in [-0.39, 0.29) is 11.6 Å². The molecular weight excluding hydrogens is 399 g/mol. The second kappa shape index (κ2) is 8.15. The van der Waals surface area contributed by atoms with Gasteiger partial charge < -0.3 is 5.32 Å². The van der Waals surface area contributed by atoms with E-state index in [9.17, 15) is 9.18 Å². The molecule has 3 rings (SSSR count). The molecule has 0 aliphatic carbocycles. The molecule has 1 N–H and O–H groups in total. The van der Waals surface area contributed by atoms with Gasteiger partial charge in [0, 0.05) is 38.3 Å². The number of nitrogens with one attached hydrogen (secondary N) is 1. The van der Waals surface area contributed by atoms with Gasteiger partial charge in [-0.25, -0.2) is 9.37 Å². The SMILES string of the molecule is CCC[C@H](c1nc2cc(F)c(Br)cc2c(=O)n1CC)N1CCN[C@@H](C)C1. The quantitative estimate of drug-likeness (QED) is 0.798. The van der Waals surface area contributed by atoms with Crippen LogP contribution in [0.5, 0.6) is 0 Å². The zero-order valence-electron chi connectivity index (χ0n) is 15.6. The molecule has 0 saturated carbocycles. The van der Waals surface area contributed by atoms with Crippen molar-refractivity contribution in [1.29, 1.82) is 0 Å². The zero-order valence-corrected chi connectivity index (χ0v) is 17.1. The number of hydrogen-bond acceptors (Lipinski definition) is 4. The van der Waals surface area contributed by atoms with Crippen LogP contribution < -0.4 is 10.9 Å². The number of nitrogens with zero attached hydrogens (tertiary/aromatic N) is 3. The second-order valence-corrected chi connectivity index (χ2v) is 7.81. The lowest BCUT2D eigenvalue weighted by molar-refractivity contribution is 0.132. The predicted octanol–water partition coefficient (Wildman–Crippen LogP) is 3.45. The van der Waals surface area contributed by atoms with Crippen LogP contribution in [0.4, 0.5) is 4.39 Å². The number of piperazine rings is 1. The maximum absolute atomic E-state index is 14.0. The van der Waals surface area contributed by atoms with Crippen molar-refractivity contribution >= 4 is 26.8 Å². The van der Waals surface area contributed by atoms with Crippen LogP contribution in [0, 0.1) is 5.82 Å². The summed E-state index contributed by atoms with van der Waals surface area (Å²) < 4.78 is 16.1. The van der Waals surface area contributed by atoms with E-state index < -0.39 is 5.82 Å². The first-order valence-electron chi connectivity index (χ1n) is 9.33. The number of halogens is 2. The van der Waals surface area contributed by atoms with Crippen molar-refractivity contribution in [2.24, 2.45) is 0 Å². The molecule has 1 saturated heterocycles. The lowest BCUT2D eigenvalue weighted by atomic mass is 10.1. The van der Waals surface area contributed by atoms with Crippen molar-refractivity contribution in [1.82, 2.24) is 19.8 Å². The maximum atomic E-state index is 14.0. The summed E-state index contributed by atoms with van der Waals surface area (Å²) in [5, 5.41) is 3.91. The van der Waals surface area contributed by atoms with Crippen LogP contribution >= 0.6 is 15.9 Å². The zero-order chi connectivity index (χ0) is 18.8. The van der Waals surface area contributed by atoms with Crippen LogP contribution in [-0.2, 0) is 6.54 Å². The molecule has 0 amide bonds. The summed E-state index contributed by atoms with van der Waals surface area (Å²) in [4.78, 5) is 20.2. The molecule has 142 valence electrons. The Bertz CT molecular complexity index is 854. The molecule has 2 heterocycles. The third-order valence-electron chi connectivity index (χ3n) is 5.04. The van der Waals surface area contributed by atoms with E-state index in [0.29, 0.717) is 28.0 Å². The Hall–Kier alpha value is -1.31. The first-order chi connectivity index (χ1) is 12.5. The number of benzene rings is 1. The van der Waals surface area contributed by atoms with Gasteiger partial charge in [-0.2, -0.15) is 0 Å². The van der Waals surface area contributed by atoms with Crippen LogP contribution in [-0.4, -0.2) is 40.1 Å². The minimum absolute atomic E-state index is 0.0632. The molecule has 2 atom stereocenters. The first-order valence-corrected chi connectivity index (χ1v) is 10.1. The summed E-state index contributed by atoms with van der Waals surface area (Å²) in [6, 6.07) is 3.36. The summed E-state index contributed by atoms with van der Waals surface area (Å²) in [5.41, 5.74) is 0.331. The molecule has 1 aliphatic rings. The molecule has 26 heavy (non-hydrogen) atoms. The van der Waals surface area contributed by atoms with Gasteiger partial charge in [-0.15, -0.1) is 0 Å². The lowest BCUT2D eigenvalue weighted by Gasteiger charge is -2.38. The monoisotopic (exact) mass is 424 g/mol. The number of fused-ring (bicyclic) bond motifs is 1. The van der Waals surface area contributed by atoms with Gasteiger partial charge >= 0.3 is 0 Å². The normalized spacial score (nSPS) is 19.8. The van der Waals surface area contributed by atoms with Crippen molar-refractivity contribution in [3.05, 3.63) is 38.6 Å². The molecule has 0 spiro atoms. The van der Waals surface area contributed by atoms with Crippen LogP contribution in [0.25, 0.3) is 10.9 Å². The topological polar surface area (TPSA) is 50.2 Å². The molecule has 0 bridgehead atoms. The Balaban J connectivity index is 2.16. The van der Waals surface area contributed by atoms with Gasteiger partial charge in [-0.1, -0.05) is 13.3 Å². The number of hydrogen-bond donors (Lipinski definition) is 1. The van der Waals surface area contributed by atoms with Crippen molar-refractivity contribution < 1.29 is 4.39 Å². The highest BCUT2D eigenvalue weighted by Crippen LogP contribution is 2.27. The molecule has 1 aromatic heterocycles. The van der Waals surface area contributed by atoms with E-state index in [0.717, 1.165) is 38.3 Å². The van der Waals surface area contributed by atoms with Gasteiger partial charge in [0.15, 0.2) is 0 Å². The Morgan fingerprint density at radius 2 is 2.19 bits per heavy atom. The Morgan fingerprint density at radius 1 is 1.42 bits per heavy atom. The van der Waals surface area contributed by atoms with Crippen molar-refractivity contribution in [2.75, 3.05) is 19.6 Å². The molecule has 0 unspecified atom stereocenters. The number of aromatic nitrogens is 2. The Labute approximate surface area is 161 Å². The fraction of sp³-hybridized carbons (Fsp3) is 0.579. The summed E-state index contributed by atoms with van der Waals surface area (Å²) in [6.07, 6.45) is 1.92. The predicted molar refractivity (Wildman–Crippen MR) is 106 cm³/mol. The van der Waals surface area contributed by atoms with E-state index in [2.05, 4.69) is 40.0 Å². The van der Waals surface area contributed by atoms with Gasteiger partial charge in [0.05, 0.1) is 21.4 Å². The minimum Gasteiger partial charge on any atom is -0.312 e. The van der Waals surface area contributed by atoms with Crippen LogP contribution in [0.15, 0.2) is 21.4 Å². The maximum Gasteiger partial charge on any atom is 0.261 e. The van der Waals surface area contributed by atoms with E-state index in [1.54, 1.807) is 4.57 Å². The standard InChI is InChI=1S/C19H26BrFN4O/c1-4-6-17(24-8-7-22-12(3)11-24)18-23-16-10-15(21)14(20)9-13(16)19(26)25(18)5-2/h9-10,12,17,22H,4-8,11H2,1-3H3/t12-,17+/m0/s1. The fourth-order valence-corrected chi connectivity index (χ4v) is 4.13. The average molecular weight is 425 g/mol. The first kappa shape index (κ1) is 19.5. The largest absolute Gasteiger partial charge is 0.312 e. The van der Waals surface area contributed by atoms with E-state index >= 15 is 0 Å². The van der Waals surface area contributed by atoms with E-state index in [1.165, 1.54) is 12.1 Å². The minimum atomic E-state index is -0.396. The molecule has 2 aromatic rings. The molecular formula is C19H26BrFN4O. The van der Waals surface area contributed by atoms with E-state index in [4.69, 9.17) is 4.98 Å². The van der Waals surface area contributed by atoms with Crippen LogP contribution in [0.2, 0.25) is 0 Å². The summed E-state index contributed by atoms with van der Waals surface area (Å²) in [7, 11) is 0. The molecule has 0 radical (unpaired) electrons. The van der Waals surface area contributed by atoms with Gasteiger partial charge in [-0.05, 0) is 42.3 Å². The molecule has 5 nitrogen and oxygen atoms in total. The molecule has 1 fully saturated rings. The van der Waals surface area contributed by atoms with E-state index in [1.807, 2.05) is 6.92 Å². The van der Waals surface area contributed by atoms with Crippen LogP contribution in [0.3, 0.4) is 0 Å². The van der Waals surface area contributed by atoms with Crippen LogP contribution in [0.1, 0.15) is 45.5 Å². The number of rotatable bonds is 5. The highest BCUT2D eigenvalue weighted by Gasteiger charge is 2.28. The highest BCUT2D eigenvalue weighted by molar-refractivity contribution is 9.10. The fourth-order valence-electron chi connectivity index (χ4n) is 3.79. The third kappa shape index (κ3) is 3.70. The molecule has 1 aromatic carbocycles. The summed E-state index contributed by atoms with van der Waals surface area (Å²) >= 11 is 3.17. The molecule has 1 aliphatic heterocycles. The van der Waals surface area contributed by atoms with Crippen molar-refractivity contribution in [3.8, 4) is 0 Å². The molecule has 7 heteroatoms. The van der Waals surface area contributed by atoms with Gasteiger partial charge in [0.1, 0.15) is 11.6 Å². The highest BCUT2D eigenvalue weighted by atomic mass is 79.9. The van der Waals surface area contributed by atoms with Gasteiger partial charge in [0.2, 0.25) is 0 Å². The second-order valence-electron chi connectivity index (χ2n) is 6.96. The summed E-state index contributed by atoms with van der Waals surface area (Å²) in [6.45, 7) is 9.58. The third-order valence-corrected chi connectivity index (χ3v) is 5.65.